The lowest BCUT2D eigenvalue weighted by atomic mass is 10.0. The molecule has 3 N–H and O–H groups in total. The van der Waals surface area contributed by atoms with Gasteiger partial charge in [-0.2, -0.15) is 0 Å². The van der Waals surface area contributed by atoms with Gasteiger partial charge >= 0.3 is 0 Å². The normalized spacial score (nSPS) is 10.2. The number of amides is 2. The van der Waals surface area contributed by atoms with Crippen LogP contribution in [0.1, 0.15) is 27.2 Å². The second-order valence-electron chi connectivity index (χ2n) is 4.83. The molecule has 1 heterocycles. The second-order valence-corrected chi connectivity index (χ2v) is 5.74. The molecule has 0 bridgehead atoms. The highest BCUT2D eigenvalue weighted by atomic mass is 79.9. The highest BCUT2D eigenvalue weighted by molar-refractivity contribution is 9.10. The zero-order valence-electron chi connectivity index (χ0n) is 11.8. The minimum Gasteiger partial charge on any atom is -0.356 e. The van der Waals surface area contributed by atoms with Gasteiger partial charge in [-0.1, -0.05) is 18.2 Å². The van der Waals surface area contributed by atoms with Crippen molar-refractivity contribution in [3.8, 4) is 0 Å². The van der Waals surface area contributed by atoms with Gasteiger partial charge in [-0.25, -0.2) is 0 Å². The summed E-state index contributed by atoms with van der Waals surface area (Å²) < 4.78 is 0.772. The Morgan fingerprint density at radius 3 is 2.52 bits per heavy atom. The van der Waals surface area contributed by atoms with Crippen molar-refractivity contribution in [2.45, 2.75) is 20.3 Å². The number of aromatic amines is 1. The van der Waals surface area contributed by atoms with Gasteiger partial charge < -0.3 is 4.98 Å². The summed E-state index contributed by atoms with van der Waals surface area (Å²) in [5, 5.41) is 0. The summed E-state index contributed by atoms with van der Waals surface area (Å²) in [6.07, 6.45) is 1.86. The Bertz CT molecular complexity index is 679. The summed E-state index contributed by atoms with van der Waals surface area (Å²) >= 11 is 3.24. The Kier molecular flexibility index (Phi) is 4.80. The van der Waals surface area contributed by atoms with E-state index in [-0.39, 0.29) is 12.3 Å². The fourth-order valence-electron chi connectivity index (χ4n) is 1.84. The van der Waals surface area contributed by atoms with Crippen LogP contribution in [0.2, 0.25) is 0 Å². The van der Waals surface area contributed by atoms with Gasteiger partial charge in [-0.3, -0.25) is 20.4 Å². The summed E-state index contributed by atoms with van der Waals surface area (Å²) in [5.74, 6) is -0.661. The Morgan fingerprint density at radius 1 is 1.14 bits per heavy atom. The Morgan fingerprint density at radius 2 is 1.90 bits per heavy atom. The molecule has 0 aliphatic carbocycles. The largest absolute Gasteiger partial charge is 0.356 e. The number of hydrogen-bond donors (Lipinski definition) is 3. The molecule has 2 rings (SSSR count). The van der Waals surface area contributed by atoms with Gasteiger partial charge in [0.15, 0.2) is 0 Å². The van der Waals surface area contributed by atoms with Crippen molar-refractivity contribution in [2.75, 3.05) is 0 Å². The number of hydrogen-bond acceptors (Lipinski definition) is 2. The molecule has 0 atom stereocenters. The Balaban J connectivity index is 1.87. The monoisotopic (exact) mass is 349 g/mol. The van der Waals surface area contributed by atoms with Crippen molar-refractivity contribution < 1.29 is 9.59 Å². The molecule has 0 aliphatic heterocycles. The van der Waals surface area contributed by atoms with Crippen molar-refractivity contribution in [1.82, 2.24) is 15.8 Å². The van der Waals surface area contributed by atoms with Crippen molar-refractivity contribution >= 4 is 27.7 Å². The van der Waals surface area contributed by atoms with E-state index < -0.39 is 5.91 Å². The van der Waals surface area contributed by atoms with E-state index in [1.807, 2.05) is 32.0 Å². The molecule has 110 valence electrons. The highest BCUT2D eigenvalue weighted by Gasteiger charge is 2.09. The van der Waals surface area contributed by atoms with Crippen molar-refractivity contribution in [2.24, 2.45) is 0 Å². The molecule has 2 aromatic rings. The van der Waals surface area contributed by atoms with Crippen molar-refractivity contribution in [3.63, 3.8) is 0 Å². The van der Waals surface area contributed by atoms with E-state index >= 15 is 0 Å². The number of nitrogens with one attached hydrogen (secondary N) is 3. The van der Waals surface area contributed by atoms with E-state index in [1.165, 1.54) is 5.56 Å². The molecule has 0 aliphatic rings. The van der Waals surface area contributed by atoms with Gasteiger partial charge in [0.25, 0.3) is 5.91 Å². The van der Waals surface area contributed by atoms with Crippen molar-refractivity contribution in [3.05, 3.63) is 57.3 Å². The first-order chi connectivity index (χ1) is 9.95. The molecule has 21 heavy (non-hydrogen) atoms. The summed E-state index contributed by atoms with van der Waals surface area (Å²) in [4.78, 5) is 26.3. The Hall–Kier alpha value is -2.08. The molecular formula is C15H16BrN3O2. The predicted molar refractivity (Wildman–Crippen MR) is 83.7 cm³/mol. The zero-order chi connectivity index (χ0) is 15.4. The van der Waals surface area contributed by atoms with Gasteiger partial charge in [-0.15, -0.1) is 0 Å². The van der Waals surface area contributed by atoms with Crippen LogP contribution in [-0.2, 0) is 11.2 Å². The highest BCUT2D eigenvalue weighted by Crippen LogP contribution is 2.11. The van der Waals surface area contributed by atoms with E-state index in [4.69, 9.17) is 0 Å². The molecule has 1 aromatic heterocycles. The topological polar surface area (TPSA) is 74.0 Å². The molecule has 1 aromatic carbocycles. The van der Waals surface area contributed by atoms with Crippen LogP contribution in [-0.4, -0.2) is 16.8 Å². The number of carbonyl (C=O) groups excluding carboxylic acids is 2. The first-order valence-electron chi connectivity index (χ1n) is 6.45. The number of halogens is 1. The Labute approximate surface area is 131 Å². The first kappa shape index (κ1) is 15.3. The van der Waals surface area contributed by atoms with Crippen LogP contribution < -0.4 is 10.9 Å². The predicted octanol–water partition coefficient (Wildman–Crippen LogP) is 2.40. The summed E-state index contributed by atoms with van der Waals surface area (Å²) in [6.45, 7) is 4.02. The fraction of sp³-hybridized carbons (Fsp3) is 0.200. The smallest absolute Gasteiger partial charge is 0.286 e. The summed E-state index contributed by atoms with van der Waals surface area (Å²) in [6, 6.07) is 7.49. The van der Waals surface area contributed by atoms with Crippen LogP contribution in [0.5, 0.6) is 0 Å². The van der Waals surface area contributed by atoms with Crippen LogP contribution in [0.15, 0.2) is 34.9 Å². The summed E-state index contributed by atoms with van der Waals surface area (Å²) in [7, 11) is 0. The van der Waals surface area contributed by atoms with Crippen LogP contribution >= 0.6 is 15.9 Å². The number of carbonyl (C=O) groups is 2. The molecule has 0 fully saturated rings. The van der Waals surface area contributed by atoms with Gasteiger partial charge in [0, 0.05) is 10.7 Å². The lowest BCUT2D eigenvalue weighted by Gasteiger charge is -2.08. The lowest BCUT2D eigenvalue weighted by Crippen LogP contribution is -2.42. The van der Waals surface area contributed by atoms with Gasteiger partial charge in [-0.05, 0) is 52.5 Å². The summed E-state index contributed by atoms with van der Waals surface area (Å²) in [5.41, 5.74) is 8.37. The van der Waals surface area contributed by atoms with E-state index in [0.717, 1.165) is 15.6 Å². The standard InChI is InChI=1S/C15H16BrN3O2/c1-9-3-4-11(5-10(9)2)6-14(20)18-19-15(21)13-7-12(16)8-17-13/h3-5,7-8,17H,6H2,1-2H3,(H,18,20)(H,19,21). The molecule has 0 spiro atoms. The number of H-pyrrole nitrogens is 1. The first-order valence-corrected chi connectivity index (χ1v) is 7.24. The van der Waals surface area contributed by atoms with Crippen LogP contribution in [0, 0.1) is 13.8 Å². The fourth-order valence-corrected chi connectivity index (χ4v) is 2.18. The van der Waals surface area contributed by atoms with E-state index in [2.05, 4.69) is 31.8 Å². The third-order valence-electron chi connectivity index (χ3n) is 3.14. The van der Waals surface area contributed by atoms with Crippen LogP contribution in [0.4, 0.5) is 0 Å². The molecule has 5 nitrogen and oxygen atoms in total. The number of aromatic nitrogens is 1. The third-order valence-corrected chi connectivity index (χ3v) is 3.60. The second kappa shape index (κ2) is 6.58. The van der Waals surface area contributed by atoms with Crippen molar-refractivity contribution in [1.29, 1.82) is 0 Å². The van der Waals surface area contributed by atoms with E-state index in [0.29, 0.717) is 5.69 Å². The maximum Gasteiger partial charge on any atom is 0.286 e. The lowest BCUT2D eigenvalue weighted by molar-refractivity contribution is -0.121. The molecule has 0 radical (unpaired) electrons. The van der Waals surface area contributed by atoms with Crippen LogP contribution in [0.25, 0.3) is 0 Å². The average molecular weight is 350 g/mol. The van der Waals surface area contributed by atoms with Gasteiger partial charge in [0.1, 0.15) is 5.69 Å². The SMILES string of the molecule is Cc1ccc(CC(=O)NNC(=O)c2cc(Br)c[nH]2)cc1C. The molecule has 2 amide bonds. The maximum absolute atomic E-state index is 11.8. The third kappa shape index (κ3) is 4.19. The zero-order valence-corrected chi connectivity index (χ0v) is 13.4. The molecular weight excluding hydrogens is 334 g/mol. The van der Waals surface area contributed by atoms with E-state index in [1.54, 1.807) is 12.3 Å². The van der Waals surface area contributed by atoms with E-state index in [9.17, 15) is 9.59 Å². The van der Waals surface area contributed by atoms with Gasteiger partial charge in [0.2, 0.25) is 5.91 Å². The molecule has 0 saturated heterocycles. The number of benzene rings is 1. The maximum atomic E-state index is 11.8. The number of aryl methyl sites for hydroxylation is 2. The number of rotatable bonds is 3. The average Bonchev–Trinajstić information content (AvgIpc) is 2.87. The molecule has 0 unspecified atom stereocenters. The molecule has 0 saturated carbocycles. The van der Waals surface area contributed by atoms with Crippen LogP contribution in [0.3, 0.4) is 0 Å². The minimum atomic E-state index is -0.394. The van der Waals surface area contributed by atoms with Gasteiger partial charge in [0.05, 0.1) is 6.42 Å². The number of hydrazine groups is 1. The minimum absolute atomic E-state index is 0.218. The molecule has 6 heteroatoms. The quantitative estimate of drug-likeness (QED) is 0.744.